The van der Waals surface area contributed by atoms with E-state index < -0.39 is 11.7 Å². The van der Waals surface area contributed by atoms with Gasteiger partial charge in [0.15, 0.2) is 0 Å². The van der Waals surface area contributed by atoms with Crippen molar-refractivity contribution in [1.29, 1.82) is 0 Å². The number of carbonyl (C=O) groups excluding carboxylic acids is 1. The zero-order valence-corrected chi connectivity index (χ0v) is 16.3. The first-order chi connectivity index (χ1) is 12.3. The number of carbonyl (C=O) groups is 1. The van der Waals surface area contributed by atoms with E-state index in [0.717, 1.165) is 33.2 Å². The molecule has 0 spiro atoms. The number of hydrogen-bond donors (Lipinski definition) is 1. The van der Waals surface area contributed by atoms with Crippen LogP contribution in [0.15, 0.2) is 40.2 Å². The van der Waals surface area contributed by atoms with Crippen molar-refractivity contribution in [2.24, 2.45) is 0 Å². The number of amides is 1. The van der Waals surface area contributed by atoms with Gasteiger partial charge in [0.1, 0.15) is 5.69 Å². The smallest absolute Gasteiger partial charge is 0.351 e. The average Bonchev–Trinajstić information content (AvgIpc) is 3.13. The minimum Gasteiger partial charge on any atom is -0.351 e. The van der Waals surface area contributed by atoms with E-state index in [-0.39, 0.29) is 5.91 Å². The Kier molecular flexibility index (Phi) is 5.43. The van der Waals surface area contributed by atoms with Crippen LogP contribution in [0.25, 0.3) is 10.2 Å². The van der Waals surface area contributed by atoms with E-state index in [2.05, 4.69) is 21.2 Å². The van der Waals surface area contributed by atoms with Gasteiger partial charge < -0.3 is 9.88 Å². The van der Waals surface area contributed by atoms with E-state index in [1.54, 1.807) is 0 Å². The summed E-state index contributed by atoms with van der Waals surface area (Å²) in [6, 6.07) is 6.84. The van der Waals surface area contributed by atoms with Crippen LogP contribution in [-0.2, 0) is 12.7 Å². The fourth-order valence-electron chi connectivity index (χ4n) is 2.69. The molecule has 1 N–H and O–H groups in total. The van der Waals surface area contributed by atoms with Gasteiger partial charge in [-0.2, -0.15) is 13.2 Å². The highest BCUT2D eigenvalue weighted by atomic mass is 79.9. The lowest BCUT2D eigenvalue weighted by Crippen LogP contribution is -2.26. The molecule has 2 aromatic heterocycles. The Labute approximate surface area is 160 Å². The summed E-state index contributed by atoms with van der Waals surface area (Å²) in [7, 11) is 0. The molecule has 0 radical (unpaired) electrons. The highest BCUT2D eigenvalue weighted by Crippen LogP contribution is 2.34. The summed E-state index contributed by atoms with van der Waals surface area (Å²) in [5.41, 5.74) is 1.38. The summed E-state index contributed by atoms with van der Waals surface area (Å²) < 4.78 is 41.9. The second-order valence-corrected chi connectivity index (χ2v) is 7.63. The normalized spacial score (nSPS) is 11.9. The monoisotopic (exact) mass is 444 g/mol. The Morgan fingerprint density at radius 3 is 2.58 bits per heavy atom. The van der Waals surface area contributed by atoms with E-state index in [9.17, 15) is 18.0 Å². The van der Waals surface area contributed by atoms with Gasteiger partial charge in [-0.1, -0.05) is 19.1 Å². The molecule has 0 saturated heterocycles. The van der Waals surface area contributed by atoms with Crippen LogP contribution in [-0.4, -0.2) is 17.0 Å². The molecule has 26 heavy (non-hydrogen) atoms. The van der Waals surface area contributed by atoms with Gasteiger partial charge in [-0.15, -0.1) is 11.3 Å². The van der Waals surface area contributed by atoms with Crippen LogP contribution in [0.4, 0.5) is 13.2 Å². The number of benzene rings is 1. The number of fused-ring (bicyclic) bond motifs is 1. The number of alkyl halides is 3. The van der Waals surface area contributed by atoms with Crippen LogP contribution in [0.5, 0.6) is 0 Å². The molecule has 3 nitrogen and oxygen atoms in total. The Morgan fingerprint density at radius 1 is 1.27 bits per heavy atom. The molecule has 2 heterocycles. The van der Waals surface area contributed by atoms with Crippen LogP contribution < -0.4 is 5.32 Å². The van der Waals surface area contributed by atoms with Crippen molar-refractivity contribution >= 4 is 43.4 Å². The molecule has 8 heteroatoms. The van der Waals surface area contributed by atoms with Crippen molar-refractivity contribution < 1.29 is 18.0 Å². The summed E-state index contributed by atoms with van der Waals surface area (Å²) in [6.07, 6.45) is -3.54. The van der Waals surface area contributed by atoms with Crippen molar-refractivity contribution in [3.05, 3.63) is 57.0 Å². The molecular weight excluding hydrogens is 429 g/mol. The van der Waals surface area contributed by atoms with Gasteiger partial charge in [-0.3, -0.25) is 4.79 Å². The molecule has 0 atom stereocenters. The lowest BCUT2D eigenvalue weighted by Gasteiger charge is -2.12. The lowest BCUT2D eigenvalue weighted by atomic mass is 10.1. The number of rotatable bonds is 5. The predicted molar refractivity (Wildman–Crippen MR) is 101 cm³/mol. The third-order valence-electron chi connectivity index (χ3n) is 3.97. The summed E-state index contributed by atoms with van der Waals surface area (Å²) in [4.78, 5) is 12.5. The topological polar surface area (TPSA) is 34.0 Å². The fraction of sp³-hybridized carbons (Fsp3) is 0.278. The minimum absolute atomic E-state index is 0.186. The molecule has 1 aromatic carbocycles. The number of aromatic nitrogens is 1. The maximum atomic E-state index is 12.7. The van der Waals surface area contributed by atoms with Gasteiger partial charge in [0.25, 0.3) is 5.91 Å². The van der Waals surface area contributed by atoms with Crippen LogP contribution in [0.2, 0.25) is 0 Å². The highest BCUT2D eigenvalue weighted by molar-refractivity contribution is 9.10. The minimum atomic E-state index is -4.36. The van der Waals surface area contributed by atoms with E-state index in [0.29, 0.717) is 24.3 Å². The van der Waals surface area contributed by atoms with Gasteiger partial charge >= 0.3 is 6.18 Å². The van der Waals surface area contributed by atoms with E-state index in [1.165, 1.54) is 23.5 Å². The first kappa shape index (κ1) is 19.0. The Morgan fingerprint density at radius 2 is 1.96 bits per heavy atom. The van der Waals surface area contributed by atoms with E-state index in [1.807, 2.05) is 22.9 Å². The molecule has 0 aliphatic carbocycles. The third-order valence-corrected chi connectivity index (χ3v) is 5.79. The number of hydrogen-bond acceptors (Lipinski definition) is 2. The van der Waals surface area contributed by atoms with Gasteiger partial charge in [0.2, 0.25) is 0 Å². The SMILES string of the molecule is CCCNC(=O)c1cc2scc(Br)c2n1Cc1ccc(C(F)(F)F)cc1. The molecular formula is C18H16BrF3N2OS. The van der Waals surface area contributed by atoms with E-state index >= 15 is 0 Å². The largest absolute Gasteiger partial charge is 0.416 e. The van der Waals surface area contributed by atoms with Gasteiger partial charge in [-0.05, 0) is 46.1 Å². The number of nitrogens with zero attached hydrogens (tertiary/aromatic N) is 1. The molecule has 0 bridgehead atoms. The number of halogens is 4. The zero-order chi connectivity index (χ0) is 18.9. The Bertz CT molecular complexity index is 928. The van der Waals surface area contributed by atoms with Crippen molar-refractivity contribution in [3.8, 4) is 0 Å². The van der Waals surface area contributed by atoms with Gasteiger partial charge in [0.05, 0.1) is 20.3 Å². The summed E-state index contributed by atoms with van der Waals surface area (Å²) in [5.74, 6) is -0.186. The first-order valence-corrected chi connectivity index (χ1v) is 9.69. The molecule has 0 aliphatic heterocycles. The summed E-state index contributed by atoms with van der Waals surface area (Å²) in [5, 5.41) is 4.79. The standard InChI is InChI=1S/C18H16BrF3N2OS/c1-2-7-23-17(25)14-8-15-16(13(19)10-26-15)24(14)9-11-3-5-12(6-4-11)18(20,21)22/h3-6,8,10H,2,7,9H2,1H3,(H,23,25). The van der Waals surface area contributed by atoms with Gasteiger partial charge in [0, 0.05) is 18.5 Å². The summed E-state index contributed by atoms with van der Waals surface area (Å²) >= 11 is 5.00. The average molecular weight is 445 g/mol. The second kappa shape index (κ2) is 7.44. The summed E-state index contributed by atoms with van der Waals surface area (Å²) in [6.45, 7) is 2.85. The molecule has 0 unspecified atom stereocenters. The van der Waals surface area contributed by atoms with Crippen molar-refractivity contribution in [2.75, 3.05) is 6.54 Å². The zero-order valence-electron chi connectivity index (χ0n) is 13.9. The quantitative estimate of drug-likeness (QED) is 0.540. The van der Waals surface area contributed by atoms with E-state index in [4.69, 9.17) is 0 Å². The number of nitrogens with one attached hydrogen (secondary N) is 1. The molecule has 0 aliphatic rings. The van der Waals surface area contributed by atoms with Crippen molar-refractivity contribution in [3.63, 3.8) is 0 Å². The number of thiophene rings is 1. The van der Waals surface area contributed by atoms with Crippen molar-refractivity contribution in [2.45, 2.75) is 26.1 Å². The second-order valence-electron chi connectivity index (χ2n) is 5.86. The maximum Gasteiger partial charge on any atom is 0.416 e. The predicted octanol–water partition coefficient (Wildman–Crippen LogP) is 5.67. The molecule has 0 saturated carbocycles. The van der Waals surface area contributed by atoms with Crippen LogP contribution >= 0.6 is 27.3 Å². The first-order valence-electron chi connectivity index (χ1n) is 8.01. The van der Waals surface area contributed by atoms with Gasteiger partial charge in [-0.25, -0.2) is 0 Å². The van der Waals surface area contributed by atoms with Crippen molar-refractivity contribution in [1.82, 2.24) is 9.88 Å². The van der Waals surface area contributed by atoms with Crippen LogP contribution in [0.3, 0.4) is 0 Å². The van der Waals surface area contributed by atoms with Crippen LogP contribution in [0, 0.1) is 0 Å². The third kappa shape index (κ3) is 3.81. The molecule has 138 valence electrons. The Balaban J connectivity index is 1.97. The Hall–Kier alpha value is -1.80. The lowest BCUT2D eigenvalue weighted by molar-refractivity contribution is -0.137. The molecule has 3 rings (SSSR count). The fourth-order valence-corrected chi connectivity index (χ4v) is 4.39. The molecule has 0 fully saturated rings. The maximum absolute atomic E-state index is 12.7. The molecule has 3 aromatic rings. The molecule has 1 amide bonds. The highest BCUT2D eigenvalue weighted by Gasteiger charge is 2.30. The van der Waals surface area contributed by atoms with Crippen LogP contribution in [0.1, 0.15) is 35.0 Å².